The van der Waals surface area contributed by atoms with Crippen LogP contribution in [-0.2, 0) is 4.74 Å². The van der Waals surface area contributed by atoms with Crippen molar-refractivity contribution in [1.82, 2.24) is 10.2 Å². The van der Waals surface area contributed by atoms with Crippen LogP contribution in [0.1, 0.15) is 43.0 Å². The Labute approximate surface area is 93.8 Å². The van der Waals surface area contributed by atoms with E-state index in [1.807, 2.05) is 0 Å². The predicted molar refractivity (Wildman–Crippen MR) is 60.9 cm³/mol. The van der Waals surface area contributed by atoms with Crippen LogP contribution in [0.2, 0.25) is 0 Å². The van der Waals surface area contributed by atoms with Crippen LogP contribution in [0.15, 0.2) is 0 Å². The van der Waals surface area contributed by atoms with E-state index >= 15 is 0 Å². The summed E-state index contributed by atoms with van der Waals surface area (Å²) in [5, 5.41) is 9.67. The zero-order chi connectivity index (χ0) is 10.7. The molecule has 4 nitrogen and oxygen atoms in total. The number of ether oxygens (including phenoxy) is 1. The maximum absolute atomic E-state index is 5.61. The van der Waals surface area contributed by atoms with Crippen LogP contribution in [-0.4, -0.2) is 23.4 Å². The number of aromatic nitrogens is 2. The van der Waals surface area contributed by atoms with Gasteiger partial charge in [-0.15, -0.1) is 10.2 Å². The van der Waals surface area contributed by atoms with Gasteiger partial charge >= 0.3 is 0 Å². The quantitative estimate of drug-likeness (QED) is 0.787. The van der Waals surface area contributed by atoms with Gasteiger partial charge < -0.3 is 10.5 Å². The maximum Gasteiger partial charge on any atom is 0.203 e. The van der Waals surface area contributed by atoms with Crippen molar-refractivity contribution in [2.45, 2.75) is 44.1 Å². The lowest BCUT2D eigenvalue weighted by molar-refractivity contribution is 0.0861. The summed E-state index contributed by atoms with van der Waals surface area (Å²) in [6.45, 7) is 0. The molecule has 2 N–H and O–H groups in total. The third-order valence-electron chi connectivity index (χ3n) is 3.01. The minimum atomic E-state index is 0.377. The largest absolute Gasteiger partial charge is 0.381 e. The van der Waals surface area contributed by atoms with Crippen molar-refractivity contribution < 1.29 is 4.74 Å². The molecule has 5 heteroatoms. The van der Waals surface area contributed by atoms with Gasteiger partial charge in [-0.3, -0.25) is 0 Å². The van der Waals surface area contributed by atoms with Crippen LogP contribution in [0.3, 0.4) is 0 Å². The molecule has 2 rings (SSSR count). The molecule has 2 atom stereocenters. The molecule has 1 heterocycles. The molecule has 0 spiro atoms. The van der Waals surface area contributed by atoms with Crippen LogP contribution < -0.4 is 5.73 Å². The Kier molecular flexibility index (Phi) is 3.53. The predicted octanol–water partition coefficient (Wildman–Crippen LogP) is 2.18. The topological polar surface area (TPSA) is 61.0 Å². The van der Waals surface area contributed by atoms with Gasteiger partial charge in [0, 0.05) is 13.0 Å². The summed E-state index contributed by atoms with van der Waals surface area (Å²) in [6.07, 6.45) is 6.30. The van der Waals surface area contributed by atoms with E-state index in [1.165, 1.54) is 37.0 Å². The Morgan fingerprint density at radius 2 is 2.13 bits per heavy atom. The lowest BCUT2D eigenvalue weighted by Gasteiger charge is -2.16. The first kappa shape index (κ1) is 10.8. The van der Waals surface area contributed by atoms with Crippen molar-refractivity contribution in [2.24, 2.45) is 0 Å². The average molecular weight is 227 g/mol. The summed E-state index contributed by atoms with van der Waals surface area (Å²) in [7, 11) is 1.79. The number of nitrogens with zero attached hydrogens (tertiary/aromatic N) is 2. The Morgan fingerprint density at radius 3 is 2.80 bits per heavy atom. The third-order valence-corrected chi connectivity index (χ3v) is 3.93. The molecule has 0 radical (unpaired) electrons. The summed E-state index contributed by atoms with van der Waals surface area (Å²) >= 11 is 1.52. The molecule has 0 amide bonds. The molecule has 1 aliphatic carbocycles. The van der Waals surface area contributed by atoms with Crippen molar-refractivity contribution >= 4 is 16.5 Å². The molecular weight excluding hydrogens is 210 g/mol. The normalized spacial score (nSPS) is 27.5. The van der Waals surface area contributed by atoms with Gasteiger partial charge in [-0.05, 0) is 19.3 Å². The van der Waals surface area contributed by atoms with E-state index in [1.54, 1.807) is 7.11 Å². The number of hydrogen-bond donors (Lipinski definition) is 1. The first-order valence-electron chi connectivity index (χ1n) is 5.41. The standard InChI is InChI=1S/C10H17N3OS/c1-14-8-5-3-2-4-7(6-8)9-12-13-10(11)15-9/h7-8H,2-6H2,1H3,(H2,11,13). The van der Waals surface area contributed by atoms with Gasteiger partial charge in [0.1, 0.15) is 5.01 Å². The second-order valence-corrected chi connectivity index (χ2v) is 5.09. The molecule has 84 valence electrons. The molecule has 0 aliphatic heterocycles. The smallest absolute Gasteiger partial charge is 0.203 e. The molecule has 15 heavy (non-hydrogen) atoms. The first-order valence-corrected chi connectivity index (χ1v) is 6.23. The van der Waals surface area contributed by atoms with E-state index in [2.05, 4.69) is 10.2 Å². The number of hydrogen-bond acceptors (Lipinski definition) is 5. The Bertz CT molecular complexity index is 315. The summed E-state index contributed by atoms with van der Waals surface area (Å²) < 4.78 is 5.45. The van der Waals surface area contributed by atoms with E-state index < -0.39 is 0 Å². The molecule has 2 unspecified atom stereocenters. The summed E-state index contributed by atoms with van der Waals surface area (Å²) in [5.41, 5.74) is 5.61. The van der Waals surface area contributed by atoms with Crippen molar-refractivity contribution in [3.05, 3.63) is 5.01 Å². The van der Waals surface area contributed by atoms with Crippen LogP contribution >= 0.6 is 11.3 Å². The van der Waals surface area contributed by atoms with E-state index in [0.717, 1.165) is 11.4 Å². The number of rotatable bonds is 2. The average Bonchev–Trinajstić information content (AvgIpc) is 2.54. The minimum absolute atomic E-state index is 0.377. The zero-order valence-corrected chi connectivity index (χ0v) is 9.80. The van der Waals surface area contributed by atoms with Gasteiger partial charge in [-0.1, -0.05) is 24.2 Å². The second-order valence-electron chi connectivity index (χ2n) is 4.05. The Morgan fingerprint density at radius 1 is 1.33 bits per heavy atom. The summed E-state index contributed by atoms with van der Waals surface area (Å²) in [6, 6.07) is 0. The molecule has 1 fully saturated rings. The highest BCUT2D eigenvalue weighted by molar-refractivity contribution is 7.15. The highest BCUT2D eigenvalue weighted by Gasteiger charge is 2.23. The molecule has 1 aromatic heterocycles. The number of anilines is 1. The van der Waals surface area contributed by atoms with Crippen molar-refractivity contribution in [3.63, 3.8) is 0 Å². The minimum Gasteiger partial charge on any atom is -0.381 e. The molecule has 0 aromatic carbocycles. The summed E-state index contributed by atoms with van der Waals surface area (Å²) in [4.78, 5) is 0. The van der Waals surface area contributed by atoms with Crippen LogP contribution in [0.5, 0.6) is 0 Å². The summed E-state index contributed by atoms with van der Waals surface area (Å²) in [5.74, 6) is 0.493. The molecule has 1 aliphatic rings. The van der Waals surface area contributed by atoms with Gasteiger partial charge in [0.15, 0.2) is 0 Å². The molecule has 1 aromatic rings. The van der Waals surface area contributed by atoms with Gasteiger partial charge in [0.05, 0.1) is 6.10 Å². The van der Waals surface area contributed by atoms with E-state index in [-0.39, 0.29) is 0 Å². The van der Waals surface area contributed by atoms with Crippen molar-refractivity contribution in [3.8, 4) is 0 Å². The first-order chi connectivity index (χ1) is 7.29. The van der Waals surface area contributed by atoms with Gasteiger partial charge in [-0.25, -0.2) is 0 Å². The molecule has 0 saturated heterocycles. The number of methoxy groups -OCH3 is 1. The lowest BCUT2D eigenvalue weighted by Crippen LogP contribution is -2.12. The van der Waals surface area contributed by atoms with Crippen LogP contribution in [0, 0.1) is 0 Å². The van der Waals surface area contributed by atoms with E-state index in [0.29, 0.717) is 17.2 Å². The van der Waals surface area contributed by atoms with Gasteiger partial charge in [0.25, 0.3) is 0 Å². The highest BCUT2D eigenvalue weighted by atomic mass is 32.1. The monoisotopic (exact) mass is 227 g/mol. The fourth-order valence-corrected chi connectivity index (χ4v) is 2.92. The third kappa shape index (κ3) is 2.66. The fourth-order valence-electron chi connectivity index (χ4n) is 2.17. The molecule has 1 saturated carbocycles. The highest BCUT2D eigenvalue weighted by Crippen LogP contribution is 2.34. The Hall–Kier alpha value is -0.680. The Balaban J connectivity index is 2.07. The molecule has 0 bridgehead atoms. The van der Waals surface area contributed by atoms with Crippen molar-refractivity contribution in [2.75, 3.05) is 12.8 Å². The fraction of sp³-hybridized carbons (Fsp3) is 0.800. The number of nitrogen functional groups attached to an aromatic ring is 1. The van der Waals surface area contributed by atoms with Crippen molar-refractivity contribution in [1.29, 1.82) is 0 Å². The van der Waals surface area contributed by atoms with Crippen LogP contribution in [0.4, 0.5) is 5.13 Å². The second kappa shape index (κ2) is 4.90. The lowest BCUT2D eigenvalue weighted by atomic mass is 10.0. The van der Waals surface area contributed by atoms with E-state index in [9.17, 15) is 0 Å². The van der Waals surface area contributed by atoms with Crippen LogP contribution in [0.25, 0.3) is 0 Å². The maximum atomic E-state index is 5.61. The van der Waals surface area contributed by atoms with E-state index in [4.69, 9.17) is 10.5 Å². The SMILES string of the molecule is COC1CCCCC(c2nnc(N)s2)C1. The molecular formula is C10H17N3OS. The number of nitrogens with two attached hydrogens (primary N) is 1. The zero-order valence-electron chi connectivity index (χ0n) is 8.98. The van der Waals surface area contributed by atoms with Gasteiger partial charge in [-0.2, -0.15) is 0 Å². The van der Waals surface area contributed by atoms with Gasteiger partial charge in [0.2, 0.25) is 5.13 Å².